The predicted octanol–water partition coefficient (Wildman–Crippen LogP) is 3.77. The highest BCUT2D eigenvalue weighted by Crippen LogP contribution is 2.30. The highest BCUT2D eigenvalue weighted by atomic mass is 79.9. The van der Waals surface area contributed by atoms with Gasteiger partial charge < -0.3 is 5.32 Å². The van der Waals surface area contributed by atoms with E-state index in [1.165, 1.54) is 0 Å². The van der Waals surface area contributed by atoms with Crippen LogP contribution in [0.3, 0.4) is 0 Å². The van der Waals surface area contributed by atoms with Gasteiger partial charge in [0.05, 0.1) is 16.4 Å². The zero-order valence-corrected chi connectivity index (χ0v) is 16.8. The van der Waals surface area contributed by atoms with E-state index in [9.17, 15) is 0 Å². The molecule has 0 radical (unpaired) electrons. The van der Waals surface area contributed by atoms with Gasteiger partial charge in [-0.2, -0.15) is 9.61 Å². The first-order chi connectivity index (χ1) is 13.2. The summed E-state index contributed by atoms with van der Waals surface area (Å²) in [7, 11) is 1.63. The Labute approximate surface area is 169 Å². The molecule has 3 heterocycles. The SMILES string of the molecule is CO[n+]1cccc(CNc2cc(-c3ccccc3Cl)nc3c(Br)cnn23)c1. The maximum Gasteiger partial charge on any atom is 0.227 e. The summed E-state index contributed by atoms with van der Waals surface area (Å²) in [6.45, 7) is 0.600. The van der Waals surface area contributed by atoms with E-state index in [2.05, 4.69) is 26.3 Å². The summed E-state index contributed by atoms with van der Waals surface area (Å²) in [5, 5.41) is 8.48. The number of halogens is 2. The Morgan fingerprint density at radius 1 is 1.26 bits per heavy atom. The van der Waals surface area contributed by atoms with Crippen molar-refractivity contribution < 1.29 is 9.57 Å². The Balaban J connectivity index is 1.74. The number of pyridine rings is 1. The van der Waals surface area contributed by atoms with E-state index in [0.717, 1.165) is 32.8 Å². The molecular formula is C19H16BrClN5O+. The monoisotopic (exact) mass is 444 g/mol. The number of benzene rings is 1. The van der Waals surface area contributed by atoms with Crippen molar-refractivity contribution >= 4 is 39.0 Å². The van der Waals surface area contributed by atoms with Crippen molar-refractivity contribution in [2.75, 3.05) is 12.4 Å². The first-order valence-corrected chi connectivity index (χ1v) is 9.40. The topological polar surface area (TPSA) is 55.3 Å². The third-order valence-electron chi connectivity index (χ3n) is 4.10. The summed E-state index contributed by atoms with van der Waals surface area (Å²) in [4.78, 5) is 9.92. The minimum Gasteiger partial charge on any atom is -0.366 e. The summed E-state index contributed by atoms with van der Waals surface area (Å²) >= 11 is 9.89. The van der Waals surface area contributed by atoms with Crippen molar-refractivity contribution in [2.45, 2.75) is 6.54 Å². The molecule has 3 aromatic heterocycles. The van der Waals surface area contributed by atoms with E-state index >= 15 is 0 Å². The van der Waals surface area contributed by atoms with E-state index < -0.39 is 0 Å². The Hall–Kier alpha value is -2.64. The number of nitrogens with zero attached hydrogens (tertiary/aromatic N) is 4. The highest BCUT2D eigenvalue weighted by molar-refractivity contribution is 9.10. The molecule has 0 bridgehead atoms. The molecule has 0 saturated heterocycles. The molecule has 6 nitrogen and oxygen atoms in total. The number of rotatable bonds is 5. The van der Waals surface area contributed by atoms with E-state index in [-0.39, 0.29) is 0 Å². The minimum absolute atomic E-state index is 0.600. The van der Waals surface area contributed by atoms with E-state index in [1.807, 2.05) is 54.9 Å². The van der Waals surface area contributed by atoms with Crippen LogP contribution in [-0.4, -0.2) is 21.7 Å². The van der Waals surface area contributed by atoms with Gasteiger partial charge in [-0.3, -0.25) is 4.84 Å². The van der Waals surface area contributed by atoms with E-state index in [1.54, 1.807) is 22.6 Å². The van der Waals surface area contributed by atoms with Gasteiger partial charge >= 0.3 is 0 Å². The zero-order valence-electron chi connectivity index (χ0n) is 14.4. The molecule has 0 aliphatic rings. The Kier molecular flexibility index (Phi) is 4.96. The van der Waals surface area contributed by atoms with E-state index in [0.29, 0.717) is 11.6 Å². The fraction of sp³-hybridized carbons (Fsp3) is 0.105. The van der Waals surface area contributed by atoms with Gasteiger partial charge in [-0.05, 0) is 28.1 Å². The second-order valence-electron chi connectivity index (χ2n) is 5.84. The molecule has 27 heavy (non-hydrogen) atoms. The van der Waals surface area contributed by atoms with Crippen molar-refractivity contribution in [3.63, 3.8) is 0 Å². The van der Waals surface area contributed by atoms with Gasteiger partial charge in [0.15, 0.2) is 5.65 Å². The van der Waals surface area contributed by atoms with Crippen LogP contribution < -0.4 is 14.9 Å². The molecule has 0 amide bonds. The molecule has 0 fully saturated rings. The summed E-state index contributed by atoms with van der Waals surface area (Å²) in [6, 6.07) is 13.6. The van der Waals surface area contributed by atoms with Crippen molar-refractivity contribution in [3.8, 4) is 11.3 Å². The standard InChI is InChI=1S/C19H16BrClN5O/c1-27-25-8-4-5-13(12-25)10-22-18-9-17(14-6-2-3-7-16(14)21)24-19-15(20)11-23-26(18)19/h2-9,11-12,22H,10H2,1H3/q+1. The zero-order chi connectivity index (χ0) is 18.8. The largest absolute Gasteiger partial charge is 0.366 e. The van der Waals surface area contributed by atoms with Gasteiger partial charge in [0.1, 0.15) is 12.9 Å². The molecule has 8 heteroatoms. The highest BCUT2D eigenvalue weighted by Gasteiger charge is 2.13. The molecule has 1 N–H and O–H groups in total. The van der Waals surface area contributed by atoms with Gasteiger partial charge in [-0.15, -0.1) is 0 Å². The van der Waals surface area contributed by atoms with Crippen LogP contribution in [0.1, 0.15) is 5.56 Å². The average Bonchev–Trinajstić information content (AvgIpc) is 3.07. The number of hydrogen-bond acceptors (Lipinski definition) is 4. The van der Waals surface area contributed by atoms with Crippen LogP contribution in [0, 0.1) is 0 Å². The summed E-state index contributed by atoms with van der Waals surface area (Å²) in [6.07, 6.45) is 5.49. The lowest BCUT2D eigenvalue weighted by Crippen LogP contribution is -2.40. The van der Waals surface area contributed by atoms with Crippen molar-refractivity contribution in [3.05, 3.63) is 76.1 Å². The smallest absolute Gasteiger partial charge is 0.227 e. The second kappa shape index (κ2) is 7.54. The summed E-state index contributed by atoms with van der Waals surface area (Å²) in [5.74, 6) is 0.813. The molecule has 1 aromatic carbocycles. The molecular weight excluding hydrogens is 430 g/mol. The Morgan fingerprint density at radius 3 is 2.93 bits per heavy atom. The van der Waals surface area contributed by atoms with Crippen LogP contribution >= 0.6 is 27.5 Å². The van der Waals surface area contributed by atoms with Crippen LogP contribution in [0.25, 0.3) is 16.9 Å². The van der Waals surface area contributed by atoms with Crippen LogP contribution in [0.15, 0.2) is 65.5 Å². The number of fused-ring (bicyclic) bond motifs is 1. The first kappa shape index (κ1) is 17.8. The third kappa shape index (κ3) is 3.61. The predicted molar refractivity (Wildman–Crippen MR) is 108 cm³/mol. The molecule has 0 aliphatic heterocycles. The molecule has 4 rings (SSSR count). The molecule has 0 aliphatic carbocycles. The molecule has 0 spiro atoms. The molecule has 0 unspecified atom stereocenters. The van der Waals surface area contributed by atoms with Gasteiger partial charge in [-0.1, -0.05) is 29.8 Å². The van der Waals surface area contributed by atoms with Crippen molar-refractivity contribution in [1.29, 1.82) is 0 Å². The third-order valence-corrected chi connectivity index (χ3v) is 4.99. The van der Waals surface area contributed by atoms with Crippen LogP contribution in [0.2, 0.25) is 5.02 Å². The Morgan fingerprint density at radius 2 is 2.11 bits per heavy atom. The fourth-order valence-corrected chi connectivity index (χ4v) is 3.36. The molecule has 4 aromatic rings. The lowest BCUT2D eigenvalue weighted by atomic mass is 10.1. The van der Waals surface area contributed by atoms with E-state index in [4.69, 9.17) is 21.4 Å². The normalized spacial score (nSPS) is 10.9. The maximum absolute atomic E-state index is 6.37. The van der Waals surface area contributed by atoms with Crippen LogP contribution in [0.5, 0.6) is 0 Å². The van der Waals surface area contributed by atoms with Gasteiger partial charge in [0, 0.05) is 39.6 Å². The molecule has 0 saturated carbocycles. The lowest BCUT2D eigenvalue weighted by molar-refractivity contribution is -0.885. The number of aromatic nitrogens is 4. The maximum atomic E-state index is 6.37. The van der Waals surface area contributed by atoms with Crippen molar-refractivity contribution in [1.82, 2.24) is 14.6 Å². The second-order valence-corrected chi connectivity index (χ2v) is 7.10. The average molecular weight is 446 g/mol. The van der Waals surface area contributed by atoms with Crippen LogP contribution in [-0.2, 0) is 6.54 Å². The quantitative estimate of drug-likeness (QED) is 0.475. The van der Waals surface area contributed by atoms with Gasteiger partial charge in [0.25, 0.3) is 0 Å². The summed E-state index contributed by atoms with van der Waals surface area (Å²) < 4.78 is 4.23. The lowest BCUT2D eigenvalue weighted by Gasteiger charge is -2.11. The number of hydrogen-bond donors (Lipinski definition) is 1. The molecule has 136 valence electrons. The number of nitrogens with one attached hydrogen (secondary N) is 1. The fourth-order valence-electron chi connectivity index (χ4n) is 2.78. The van der Waals surface area contributed by atoms with Gasteiger partial charge in [0.2, 0.25) is 12.4 Å². The van der Waals surface area contributed by atoms with Crippen LogP contribution in [0.4, 0.5) is 5.82 Å². The minimum atomic E-state index is 0.600. The molecule has 0 atom stereocenters. The van der Waals surface area contributed by atoms with Gasteiger partial charge in [-0.25, -0.2) is 4.98 Å². The van der Waals surface area contributed by atoms with Crippen molar-refractivity contribution in [2.24, 2.45) is 0 Å². The Bertz CT molecular complexity index is 1110. The number of anilines is 1. The first-order valence-electron chi connectivity index (χ1n) is 8.23. The summed E-state index contributed by atoms with van der Waals surface area (Å²) in [5.41, 5.74) is 3.43.